The number of carbonyl (C=O) groups excluding carboxylic acids is 1. The smallest absolute Gasteiger partial charge is 0.251 e. The number of aryl methyl sites for hydroxylation is 1. The van der Waals surface area contributed by atoms with Crippen molar-refractivity contribution < 1.29 is 13.6 Å². The third-order valence-electron chi connectivity index (χ3n) is 5.13. The van der Waals surface area contributed by atoms with Gasteiger partial charge in [-0.1, -0.05) is 6.92 Å². The predicted molar refractivity (Wildman–Crippen MR) is 116 cm³/mol. The van der Waals surface area contributed by atoms with Crippen molar-refractivity contribution in [3.8, 4) is 0 Å². The van der Waals surface area contributed by atoms with Crippen LogP contribution in [0.15, 0.2) is 24.3 Å². The highest BCUT2D eigenvalue weighted by Gasteiger charge is 2.23. The average molecular weight is 440 g/mol. The molecule has 2 N–H and O–H groups in total. The van der Waals surface area contributed by atoms with Gasteiger partial charge in [0.1, 0.15) is 17.5 Å². The van der Waals surface area contributed by atoms with Crippen LogP contribution in [0.1, 0.15) is 48.8 Å². The summed E-state index contributed by atoms with van der Waals surface area (Å²) in [6.07, 6.45) is 4.13. The molecule has 1 aliphatic rings. The second-order valence-electron chi connectivity index (χ2n) is 7.57. The Morgan fingerprint density at radius 3 is 2.33 bits per heavy atom. The normalized spacial score (nSPS) is 18.3. The molecule has 1 aliphatic carbocycles. The maximum atomic E-state index is 13.3. The number of benzene rings is 1. The highest BCUT2D eigenvalue weighted by molar-refractivity contribution is 5.94. The van der Waals surface area contributed by atoms with Gasteiger partial charge in [0, 0.05) is 44.2 Å². The predicted octanol–water partition coefficient (Wildman–Crippen LogP) is 3.96. The first-order chi connectivity index (χ1) is 13.9. The molecule has 1 saturated carbocycles. The van der Waals surface area contributed by atoms with Gasteiger partial charge in [0.05, 0.1) is 0 Å². The first kappa shape index (κ1) is 23.8. The molecule has 1 aromatic carbocycles. The lowest BCUT2D eigenvalue weighted by atomic mass is 9.91. The third kappa shape index (κ3) is 6.01. The fourth-order valence-electron chi connectivity index (χ4n) is 3.44. The van der Waals surface area contributed by atoms with Crippen LogP contribution in [-0.4, -0.2) is 42.1 Å². The molecule has 2 aromatic rings. The van der Waals surface area contributed by atoms with Gasteiger partial charge in [0.25, 0.3) is 5.91 Å². The van der Waals surface area contributed by atoms with Crippen LogP contribution in [-0.2, 0) is 6.42 Å². The zero-order valence-corrected chi connectivity index (χ0v) is 18.2. The lowest BCUT2D eigenvalue weighted by Crippen LogP contribution is -2.40. The average Bonchev–Trinajstić information content (AvgIpc) is 2.71. The van der Waals surface area contributed by atoms with E-state index in [2.05, 4.69) is 20.6 Å². The van der Waals surface area contributed by atoms with Crippen molar-refractivity contribution in [2.24, 2.45) is 0 Å². The maximum absolute atomic E-state index is 13.3. The summed E-state index contributed by atoms with van der Waals surface area (Å²) in [6.45, 7) is 2.03. The van der Waals surface area contributed by atoms with E-state index in [9.17, 15) is 13.6 Å². The van der Waals surface area contributed by atoms with Gasteiger partial charge < -0.3 is 15.5 Å². The van der Waals surface area contributed by atoms with Crippen LogP contribution in [0.25, 0.3) is 0 Å². The number of nitrogens with one attached hydrogen (secondary N) is 2. The van der Waals surface area contributed by atoms with E-state index in [1.807, 2.05) is 32.0 Å². The van der Waals surface area contributed by atoms with Gasteiger partial charge in [-0.3, -0.25) is 4.79 Å². The van der Waals surface area contributed by atoms with Crippen LogP contribution in [0.2, 0.25) is 0 Å². The van der Waals surface area contributed by atoms with Crippen LogP contribution in [0, 0.1) is 11.6 Å². The van der Waals surface area contributed by atoms with Gasteiger partial charge >= 0.3 is 0 Å². The van der Waals surface area contributed by atoms with Gasteiger partial charge in [-0.25, -0.2) is 18.7 Å². The summed E-state index contributed by atoms with van der Waals surface area (Å²) in [4.78, 5) is 23.3. The van der Waals surface area contributed by atoms with Crippen molar-refractivity contribution >= 4 is 29.9 Å². The second kappa shape index (κ2) is 10.5. The van der Waals surface area contributed by atoms with Gasteiger partial charge in [-0.2, -0.15) is 0 Å². The Hall–Kier alpha value is -2.48. The molecular weight excluding hydrogens is 412 g/mol. The van der Waals surface area contributed by atoms with E-state index in [4.69, 9.17) is 0 Å². The molecule has 0 aliphatic heterocycles. The lowest BCUT2D eigenvalue weighted by molar-refractivity contribution is 0.0926. The zero-order chi connectivity index (χ0) is 21.0. The Morgan fingerprint density at radius 2 is 1.73 bits per heavy atom. The molecule has 3 rings (SSSR count). The first-order valence-corrected chi connectivity index (χ1v) is 9.93. The molecule has 30 heavy (non-hydrogen) atoms. The van der Waals surface area contributed by atoms with Crippen molar-refractivity contribution in [1.29, 1.82) is 0 Å². The Morgan fingerprint density at radius 1 is 1.07 bits per heavy atom. The summed E-state index contributed by atoms with van der Waals surface area (Å²) >= 11 is 0. The maximum Gasteiger partial charge on any atom is 0.251 e. The van der Waals surface area contributed by atoms with E-state index < -0.39 is 11.6 Å². The molecule has 1 heterocycles. The number of aromatic nitrogens is 2. The van der Waals surface area contributed by atoms with Crippen LogP contribution in [0.3, 0.4) is 0 Å². The van der Waals surface area contributed by atoms with Gasteiger partial charge in [-0.05, 0) is 43.9 Å². The molecule has 0 unspecified atom stereocenters. The molecule has 9 heteroatoms. The Balaban J connectivity index is 0.00000320. The number of hydrogen-bond donors (Lipinski definition) is 2. The van der Waals surface area contributed by atoms with Crippen molar-refractivity contribution in [2.45, 2.75) is 51.1 Å². The largest absolute Gasteiger partial charge is 0.367 e. The molecule has 0 bridgehead atoms. The summed E-state index contributed by atoms with van der Waals surface area (Å²) in [6, 6.07) is 5.42. The van der Waals surface area contributed by atoms with Gasteiger partial charge in [0.2, 0.25) is 0 Å². The van der Waals surface area contributed by atoms with E-state index in [0.29, 0.717) is 0 Å². The van der Waals surface area contributed by atoms with E-state index >= 15 is 0 Å². The van der Waals surface area contributed by atoms with Gasteiger partial charge in [-0.15, -0.1) is 12.4 Å². The zero-order valence-electron chi connectivity index (χ0n) is 17.4. The molecule has 1 aromatic heterocycles. The van der Waals surface area contributed by atoms with Crippen molar-refractivity contribution in [1.82, 2.24) is 15.3 Å². The lowest BCUT2D eigenvalue weighted by Gasteiger charge is -2.30. The standard InChI is InChI=1S/C21H27F2N5O.ClH/c1-4-18-26-19(12-20(27-18)28(2)3)24-14-6-8-15(9-7-14)25-21(29)13-5-10-16(22)17(23)11-13;/h5,10-12,14-15H,4,6-9H2,1-3H3,(H,25,29)(H,24,26,27);1H. The fraction of sp³-hybridized carbons (Fsp3) is 0.476. The molecular formula is C21H28ClF2N5O. The van der Waals surface area contributed by atoms with Crippen LogP contribution in [0.5, 0.6) is 0 Å². The Bertz CT molecular complexity index is 872. The number of hydrogen-bond acceptors (Lipinski definition) is 5. The molecule has 1 fully saturated rings. The number of rotatable bonds is 6. The summed E-state index contributed by atoms with van der Waals surface area (Å²) in [7, 11) is 3.90. The highest BCUT2D eigenvalue weighted by atomic mass is 35.5. The highest BCUT2D eigenvalue weighted by Crippen LogP contribution is 2.23. The van der Waals surface area contributed by atoms with E-state index in [1.165, 1.54) is 6.07 Å². The third-order valence-corrected chi connectivity index (χ3v) is 5.13. The number of halogens is 3. The first-order valence-electron chi connectivity index (χ1n) is 9.93. The summed E-state index contributed by atoms with van der Waals surface area (Å²) < 4.78 is 26.4. The van der Waals surface area contributed by atoms with Crippen molar-refractivity contribution in [2.75, 3.05) is 24.3 Å². The molecule has 0 radical (unpaired) electrons. The SMILES string of the molecule is CCc1nc(NC2CCC(NC(=O)c3ccc(F)c(F)c3)CC2)cc(N(C)C)n1.Cl. The minimum atomic E-state index is -1.01. The minimum Gasteiger partial charge on any atom is -0.367 e. The Kier molecular flexibility index (Phi) is 8.34. The second-order valence-corrected chi connectivity index (χ2v) is 7.57. The van der Waals surface area contributed by atoms with Crippen LogP contribution in [0.4, 0.5) is 20.4 Å². The van der Waals surface area contributed by atoms with Crippen LogP contribution >= 0.6 is 12.4 Å². The quantitative estimate of drug-likeness (QED) is 0.713. The minimum absolute atomic E-state index is 0. The molecule has 0 saturated heterocycles. The van der Waals surface area contributed by atoms with E-state index in [0.717, 1.165) is 61.7 Å². The molecule has 164 valence electrons. The molecule has 0 spiro atoms. The number of nitrogens with zero attached hydrogens (tertiary/aromatic N) is 3. The van der Waals surface area contributed by atoms with Gasteiger partial charge in [0.15, 0.2) is 11.6 Å². The van der Waals surface area contributed by atoms with E-state index in [-0.39, 0.29) is 36.0 Å². The van der Waals surface area contributed by atoms with Crippen molar-refractivity contribution in [3.63, 3.8) is 0 Å². The summed E-state index contributed by atoms with van der Waals surface area (Å²) in [5.41, 5.74) is 0.133. The fourth-order valence-corrected chi connectivity index (χ4v) is 3.44. The Labute approximate surface area is 181 Å². The van der Waals surface area contributed by atoms with E-state index in [1.54, 1.807) is 0 Å². The molecule has 6 nitrogen and oxygen atoms in total. The monoisotopic (exact) mass is 439 g/mol. The number of amides is 1. The summed E-state index contributed by atoms with van der Waals surface area (Å²) in [5, 5.41) is 6.41. The number of anilines is 2. The summed E-state index contributed by atoms with van der Waals surface area (Å²) in [5.74, 6) is 0.132. The topological polar surface area (TPSA) is 70.2 Å². The molecule has 0 atom stereocenters. The number of carbonyl (C=O) groups is 1. The van der Waals surface area contributed by atoms with Crippen LogP contribution < -0.4 is 15.5 Å². The molecule has 1 amide bonds. The van der Waals surface area contributed by atoms with Crippen molar-refractivity contribution in [3.05, 3.63) is 47.3 Å².